The Hall–Kier alpha value is -3.48. The zero-order chi connectivity index (χ0) is 20.2. The zero-order valence-electron chi connectivity index (χ0n) is 15.8. The van der Waals surface area contributed by atoms with Gasteiger partial charge in [-0.2, -0.15) is 0 Å². The monoisotopic (exact) mass is 424 g/mol. The highest BCUT2D eigenvalue weighted by Gasteiger charge is 2.06. The largest absolute Gasteiger partial charge is 0.254 e. The summed E-state index contributed by atoms with van der Waals surface area (Å²) in [6, 6.07) is 28.0. The molecule has 0 amide bonds. The van der Waals surface area contributed by atoms with Crippen LogP contribution in [0.25, 0.3) is 41.8 Å². The van der Waals surface area contributed by atoms with Gasteiger partial charge < -0.3 is 0 Å². The normalized spacial score (nSPS) is 10.7. The molecule has 30 heavy (non-hydrogen) atoms. The first-order valence-electron chi connectivity index (χ1n) is 9.41. The highest BCUT2D eigenvalue weighted by molar-refractivity contribution is 7.22. The third kappa shape index (κ3) is 3.96. The lowest BCUT2D eigenvalue weighted by molar-refractivity contribution is 1.31. The molecule has 2 aromatic carbocycles. The minimum Gasteiger partial charge on any atom is -0.254 e. The van der Waals surface area contributed by atoms with Gasteiger partial charge in [-0.1, -0.05) is 36.4 Å². The molecule has 0 N–H and O–H groups in total. The molecule has 6 heteroatoms. The number of para-hydroxylation sites is 2. The zero-order valence-corrected chi connectivity index (χ0v) is 17.5. The smallest absolute Gasteiger partial charge is 0.143 e. The maximum atomic E-state index is 4.54. The Morgan fingerprint density at radius 3 is 1.30 bits per heavy atom. The molecule has 0 spiro atoms. The van der Waals surface area contributed by atoms with Crippen molar-refractivity contribution in [2.24, 2.45) is 0 Å². The Bertz CT molecular complexity index is 1220. The van der Waals surface area contributed by atoms with E-state index in [2.05, 4.69) is 32.1 Å². The SMILES string of the molecule is c1ccc(-c2nc3ccccc3s2)nc1.c1ccc(-c2nc3ccccc3s2)nc1. The Morgan fingerprint density at radius 1 is 0.467 bits per heavy atom. The quantitative estimate of drug-likeness (QED) is 0.310. The van der Waals surface area contributed by atoms with Crippen LogP contribution in [0.5, 0.6) is 0 Å². The number of thiazole rings is 2. The fourth-order valence-corrected chi connectivity index (χ4v) is 4.83. The van der Waals surface area contributed by atoms with Gasteiger partial charge in [0.2, 0.25) is 0 Å². The molecule has 6 aromatic rings. The van der Waals surface area contributed by atoms with Gasteiger partial charge in [-0.15, -0.1) is 22.7 Å². The van der Waals surface area contributed by atoms with E-state index in [1.54, 1.807) is 35.1 Å². The lowest BCUT2D eigenvalue weighted by Crippen LogP contribution is -1.78. The van der Waals surface area contributed by atoms with Crippen LogP contribution in [-0.2, 0) is 0 Å². The van der Waals surface area contributed by atoms with Crippen LogP contribution in [-0.4, -0.2) is 19.9 Å². The molecule has 6 rings (SSSR count). The fraction of sp³-hybridized carbons (Fsp3) is 0. The fourth-order valence-electron chi connectivity index (χ4n) is 2.94. The molecule has 0 saturated heterocycles. The molecule has 0 aliphatic heterocycles. The van der Waals surface area contributed by atoms with Gasteiger partial charge in [-0.05, 0) is 48.5 Å². The predicted octanol–water partition coefficient (Wildman–Crippen LogP) is 6.72. The van der Waals surface area contributed by atoms with Crippen molar-refractivity contribution in [2.45, 2.75) is 0 Å². The van der Waals surface area contributed by atoms with E-state index in [1.807, 2.05) is 72.8 Å². The van der Waals surface area contributed by atoms with Crippen LogP contribution in [0, 0.1) is 0 Å². The minimum atomic E-state index is 0.943. The van der Waals surface area contributed by atoms with E-state index in [0.717, 1.165) is 32.4 Å². The van der Waals surface area contributed by atoms with Crippen molar-refractivity contribution in [3.05, 3.63) is 97.3 Å². The van der Waals surface area contributed by atoms with E-state index in [-0.39, 0.29) is 0 Å². The molecule has 144 valence electrons. The van der Waals surface area contributed by atoms with Gasteiger partial charge in [0.1, 0.15) is 10.0 Å². The number of nitrogens with zero attached hydrogens (tertiary/aromatic N) is 4. The maximum Gasteiger partial charge on any atom is 0.143 e. The van der Waals surface area contributed by atoms with E-state index >= 15 is 0 Å². The second kappa shape index (κ2) is 8.49. The first-order valence-corrected chi connectivity index (χ1v) is 11.0. The number of benzene rings is 2. The first-order chi connectivity index (χ1) is 14.9. The van der Waals surface area contributed by atoms with Gasteiger partial charge in [-0.3, -0.25) is 9.97 Å². The Labute approximate surface area is 181 Å². The highest BCUT2D eigenvalue weighted by Crippen LogP contribution is 2.29. The molecule has 4 nitrogen and oxygen atoms in total. The molecule has 0 unspecified atom stereocenters. The number of hydrogen-bond acceptors (Lipinski definition) is 6. The van der Waals surface area contributed by atoms with Gasteiger partial charge in [0.15, 0.2) is 0 Å². The lowest BCUT2D eigenvalue weighted by Gasteiger charge is -1.91. The van der Waals surface area contributed by atoms with Crippen LogP contribution in [0.4, 0.5) is 0 Å². The molecule has 0 aliphatic carbocycles. The van der Waals surface area contributed by atoms with Crippen molar-refractivity contribution >= 4 is 43.1 Å². The van der Waals surface area contributed by atoms with Crippen molar-refractivity contribution in [3.8, 4) is 21.4 Å². The summed E-state index contributed by atoms with van der Waals surface area (Å²) in [6.45, 7) is 0. The molecule has 4 heterocycles. The minimum absolute atomic E-state index is 0.943. The standard InChI is InChI=1S/2C12H8N2S/c2*1-2-7-11-9(5-1)14-12(15-11)10-6-3-4-8-13-10/h2*1-8H. The summed E-state index contributed by atoms with van der Waals surface area (Å²) in [5.74, 6) is 0. The molecule has 0 atom stereocenters. The molecule has 0 radical (unpaired) electrons. The third-order valence-corrected chi connectivity index (χ3v) is 6.47. The number of aromatic nitrogens is 4. The average Bonchev–Trinajstić information content (AvgIpc) is 3.45. The molecule has 0 bridgehead atoms. The Kier molecular flexibility index (Phi) is 5.25. The molecule has 0 fully saturated rings. The summed E-state index contributed by atoms with van der Waals surface area (Å²) in [6.07, 6.45) is 3.59. The van der Waals surface area contributed by atoms with E-state index in [0.29, 0.717) is 0 Å². The van der Waals surface area contributed by atoms with Crippen LogP contribution in [0.2, 0.25) is 0 Å². The van der Waals surface area contributed by atoms with Crippen LogP contribution in [0.1, 0.15) is 0 Å². The molecule has 0 aliphatic rings. The predicted molar refractivity (Wildman–Crippen MR) is 126 cm³/mol. The summed E-state index contributed by atoms with van der Waals surface area (Å²) < 4.78 is 2.41. The van der Waals surface area contributed by atoms with E-state index in [9.17, 15) is 0 Å². The van der Waals surface area contributed by atoms with E-state index < -0.39 is 0 Å². The Morgan fingerprint density at radius 2 is 0.900 bits per heavy atom. The molecule has 0 saturated carbocycles. The van der Waals surface area contributed by atoms with Crippen LogP contribution in [0.3, 0.4) is 0 Å². The van der Waals surface area contributed by atoms with Gasteiger partial charge in [0.25, 0.3) is 0 Å². The van der Waals surface area contributed by atoms with Gasteiger partial charge >= 0.3 is 0 Å². The van der Waals surface area contributed by atoms with Crippen molar-refractivity contribution < 1.29 is 0 Å². The van der Waals surface area contributed by atoms with Crippen molar-refractivity contribution in [1.82, 2.24) is 19.9 Å². The van der Waals surface area contributed by atoms with Crippen LogP contribution >= 0.6 is 22.7 Å². The van der Waals surface area contributed by atoms with Gasteiger partial charge in [0, 0.05) is 12.4 Å². The second-order valence-electron chi connectivity index (χ2n) is 6.40. The maximum absolute atomic E-state index is 4.54. The van der Waals surface area contributed by atoms with E-state index in [1.165, 1.54) is 9.40 Å². The summed E-state index contributed by atoms with van der Waals surface area (Å²) in [5, 5.41) is 1.97. The molecule has 4 aromatic heterocycles. The number of rotatable bonds is 2. The molecular weight excluding hydrogens is 408 g/mol. The molecular formula is C24H16N4S2. The summed E-state index contributed by atoms with van der Waals surface area (Å²) in [5.41, 5.74) is 3.98. The average molecular weight is 425 g/mol. The van der Waals surface area contributed by atoms with E-state index in [4.69, 9.17) is 0 Å². The Balaban J connectivity index is 0.000000128. The summed E-state index contributed by atoms with van der Waals surface area (Å²) >= 11 is 3.35. The topological polar surface area (TPSA) is 51.6 Å². The van der Waals surface area contributed by atoms with Crippen LogP contribution in [0.15, 0.2) is 97.3 Å². The summed E-state index contributed by atoms with van der Waals surface area (Å²) in [4.78, 5) is 17.7. The first kappa shape index (κ1) is 18.5. The van der Waals surface area contributed by atoms with Crippen molar-refractivity contribution in [2.75, 3.05) is 0 Å². The third-order valence-electron chi connectivity index (χ3n) is 4.36. The number of fused-ring (bicyclic) bond motifs is 2. The van der Waals surface area contributed by atoms with Gasteiger partial charge in [0.05, 0.1) is 31.8 Å². The summed E-state index contributed by atoms with van der Waals surface area (Å²) in [7, 11) is 0. The lowest BCUT2D eigenvalue weighted by atomic mass is 10.3. The van der Waals surface area contributed by atoms with Crippen molar-refractivity contribution in [1.29, 1.82) is 0 Å². The second-order valence-corrected chi connectivity index (χ2v) is 8.46. The van der Waals surface area contributed by atoms with Crippen LogP contribution < -0.4 is 0 Å². The number of pyridine rings is 2. The number of hydrogen-bond donors (Lipinski definition) is 0. The van der Waals surface area contributed by atoms with Gasteiger partial charge in [-0.25, -0.2) is 9.97 Å². The van der Waals surface area contributed by atoms with Crippen molar-refractivity contribution in [3.63, 3.8) is 0 Å². The highest BCUT2D eigenvalue weighted by atomic mass is 32.1.